The number of anilines is 1. The molecule has 0 saturated carbocycles. The van der Waals surface area contributed by atoms with Gasteiger partial charge in [-0.25, -0.2) is 13.8 Å². The summed E-state index contributed by atoms with van der Waals surface area (Å²) in [6.07, 6.45) is 0. The minimum Gasteiger partial charge on any atom is -0.492 e. The topological polar surface area (TPSA) is 56.9 Å². The molecule has 1 atom stereocenters. The molecule has 9 heteroatoms. The number of rotatable bonds is 4. The normalized spacial score (nSPS) is 16.2. The first-order valence-corrected chi connectivity index (χ1v) is 10.9. The van der Waals surface area contributed by atoms with Crippen LogP contribution >= 0.6 is 11.3 Å². The smallest absolute Gasteiger partial charge is 0.230 e. The number of hydrogen-bond acceptors (Lipinski definition) is 6. The zero-order valence-corrected chi connectivity index (χ0v) is 17.7. The Balaban J connectivity index is 1.47. The third kappa shape index (κ3) is 3.75. The summed E-state index contributed by atoms with van der Waals surface area (Å²) in [5.41, 5.74) is 1.74. The van der Waals surface area contributed by atoms with Crippen molar-refractivity contribution in [2.24, 2.45) is 0 Å². The molecule has 160 valence electrons. The number of aromatic hydroxyl groups is 1. The van der Waals surface area contributed by atoms with Crippen LogP contribution in [0.5, 0.6) is 5.88 Å². The Morgan fingerprint density at radius 2 is 1.74 bits per heavy atom. The molecule has 1 saturated heterocycles. The lowest BCUT2D eigenvalue weighted by Gasteiger charge is -2.40. The summed E-state index contributed by atoms with van der Waals surface area (Å²) in [5, 5.41) is 15.2. The second-order valence-electron chi connectivity index (χ2n) is 7.60. The quantitative estimate of drug-likeness (QED) is 0.519. The largest absolute Gasteiger partial charge is 0.492 e. The van der Waals surface area contributed by atoms with E-state index in [-0.39, 0.29) is 23.6 Å². The first-order valence-electron chi connectivity index (χ1n) is 10.0. The molecular formula is C22H21F2N5OS. The molecule has 2 aromatic carbocycles. The Kier molecular flexibility index (Phi) is 5.07. The van der Waals surface area contributed by atoms with E-state index >= 15 is 0 Å². The molecule has 4 aromatic rings. The first kappa shape index (κ1) is 19.9. The molecule has 1 aliphatic rings. The summed E-state index contributed by atoms with van der Waals surface area (Å²) >= 11 is 1.37. The maximum atomic E-state index is 14.1. The molecule has 0 spiro atoms. The number of nitrogens with zero attached hydrogens (tertiary/aromatic N) is 5. The van der Waals surface area contributed by atoms with Crippen molar-refractivity contribution in [1.82, 2.24) is 19.5 Å². The predicted molar refractivity (Wildman–Crippen MR) is 116 cm³/mol. The van der Waals surface area contributed by atoms with Crippen molar-refractivity contribution >= 4 is 22.0 Å². The van der Waals surface area contributed by atoms with Gasteiger partial charge in [0.05, 0.1) is 10.9 Å². The minimum atomic E-state index is -0.320. The summed E-state index contributed by atoms with van der Waals surface area (Å²) in [7, 11) is 0. The number of thiazole rings is 1. The maximum absolute atomic E-state index is 14.1. The Morgan fingerprint density at radius 1 is 1.00 bits per heavy atom. The van der Waals surface area contributed by atoms with Gasteiger partial charge in [-0.3, -0.25) is 4.90 Å². The summed E-state index contributed by atoms with van der Waals surface area (Å²) in [4.78, 5) is 10.1. The molecule has 3 heterocycles. The number of hydrogen-bond donors (Lipinski definition) is 1. The van der Waals surface area contributed by atoms with Gasteiger partial charge in [0.1, 0.15) is 17.5 Å². The lowest BCUT2D eigenvalue weighted by molar-refractivity contribution is 0.211. The summed E-state index contributed by atoms with van der Waals surface area (Å²) < 4.78 is 28.8. The standard InChI is InChI=1S/C22H21F2N5OS/c1-14-25-22-29(26-14)21(30)20(31-22)19(15-3-2-4-17(24)13-15)28-11-9-27(10-12-28)18-7-5-16(23)6-8-18/h2-8,13,19,30H,9-12H2,1H3. The molecule has 1 fully saturated rings. The highest BCUT2D eigenvalue weighted by molar-refractivity contribution is 7.17. The van der Waals surface area contributed by atoms with Gasteiger partial charge in [-0.2, -0.15) is 4.52 Å². The van der Waals surface area contributed by atoms with Crippen molar-refractivity contribution < 1.29 is 13.9 Å². The SMILES string of the molecule is Cc1nc2sc(C(c3cccc(F)c3)N3CCN(c4ccc(F)cc4)CC3)c(O)n2n1. The highest BCUT2D eigenvalue weighted by Crippen LogP contribution is 2.40. The van der Waals surface area contributed by atoms with E-state index in [1.165, 1.54) is 40.1 Å². The Labute approximate surface area is 182 Å². The van der Waals surface area contributed by atoms with Crippen molar-refractivity contribution in [2.45, 2.75) is 13.0 Å². The van der Waals surface area contributed by atoms with E-state index in [9.17, 15) is 13.9 Å². The molecule has 2 aromatic heterocycles. The Bertz CT molecular complexity index is 1210. The Morgan fingerprint density at radius 3 is 2.42 bits per heavy atom. The van der Waals surface area contributed by atoms with E-state index in [0.717, 1.165) is 24.3 Å². The first-order chi connectivity index (χ1) is 15.0. The number of aryl methyl sites for hydroxylation is 1. The highest BCUT2D eigenvalue weighted by Gasteiger charge is 2.32. The van der Waals surface area contributed by atoms with Crippen molar-refractivity contribution in [1.29, 1.82) is 0 Å². The second-order valence-corrected chi connectivity index (χ2v) is 8.61. The molecule has 1 unspecified atom stereocenters. The molecule has 5 rings (SSSR count). The van der Waals surface area contributed by atoms with Gasteiger partial charge in [-0.1, -0.05) is 23.5 Å². The van der Waals surface area contributed by atoms with E-state index < -0.39 is 0 Å². The third-order valence-electron chi connectivity index (χ3n) is 5.59. The summed E-state index contributed by atoms with van der Waals surface area (Å²) in [6.45, 7) is 4.64. The lowest BCUT2D eigenvalue weighted by Crippen LogP contribution is -2.47. The van der Waals surface area contributed by atoms with Gasteiger partial charge in [0.2, 0.25) is 10.8 Å². The van der Waals surface area contributed by atoms with E-state index in [0.29, 0.717) is 28.8 Å². The molecule has 1 N–H and O–H groups in total. The minimum absolute atomic E-state index is 0.0378. The van der Waals surface area contributed by atoms with Crippen molar-refractivity contribution in [3.8, 4) is 5.88 Å². The average Bonchev–Trinajstić information content (AvgIpc) is 3.27. The third-order valence-corrected chi connectivity index (χ3v) is 6.66. The van der Waals surface area contributed by atoms with Crippen LogP contribution in [0.1, 0.15) is 22.3 Å². The van der Waals surface area contributed by atoms with E-state index in [1.807, 2.05) is 6.07 Å². The molecule has 6 nitrogen and oxygen atoms in total. The van der Waals surface area contributed by atoms with Crippen LogP contribution in [0.25, 0.3) is 4.96 Å². The van der Waals surface area contributed by atoms with Crippen LogP contribution in [0.3, 0.4) is 0 Å². The van der Waals surface area contributed by atoms with Gasteiger partial charge in [-0.05, 0) is 48.9 Å². The molecule has 0 aliphatic carbocycles. The Hall–Kier alpha value is -3.04. The average molecular weight is 442 g/mol. The van der Waals surface area contributed by atoms with Gasteiger partial charge in [0, 0.05) is 31.9 Å². The predicted octanol–water partition coefficient (Wildman–Crippen LogP) is 3.99. The zero-order chi connectivity index (χ0) is 21.5. The number of benzene rings is 2. The lowest BCUT2D eigenvalue weighted by atomic mass is 10.0. The van der Waals surface area contributed by atoms with E-state index in [4.69, 9.17) is 0 Å². The van der Waals surface area contributed by atoms with Crippen LogP contribution in [0.2, 0.25) is 0 Å². The number of aromatic nitrogens is 3. The van der Waals surface area contributed by atoms with Crippen molar-refractivity contribution in [3.63, 3.8) is 0 Å². The van der Waals surface area contributed by atoms with Gasteiger partial charge < -0.3 is 10.0 Å². The fourth-order valence-corrected chi connectivity index (χ4v) is 5.28. The second kappa shape index (κ2) is 7.90. The molecule has 0 bridgehead atoms. The molecule has 0 amide bonds. The fourth-order valence-electron chi connectivity index (χ4n) is 4.12. The highest BCUT2D eigenvalue weighted by atomic mass is 32.1. The molecular weight excluding hydrogens is 420 g/mol. The van der Waals surface area contributed by atoms with Crippen LogP contribution in [0.4, 0.5) is 14.5 Å². The molecule has 0 radical (unpaired) electrons. The number of halogens is 2. The van der Waals surface area contributed by atoms with Crippen LogP contribution in [-0.2, 0) is 0 Å². The number of piperazine rings is 1. The van der Waals surface area contributed by atoms with Crippen molar-refractivity contribution in [3.05, 3.63) is 76.4 Å². The summed E-state index contributed by atoms with van der Waals surface area (Å²) in [6, 6.07) is 12.7. The summed E-state index contributed by atoms with van der Waals surface area (Å²) in [5.74, 6) is 0.0527. The van der Waals surface area contributed by atoms with Gasteiger partial charge in [-0.15, -0.1) is 5.10 Å². The number of fused-ring (bicyclic) bond motifs is 1. The molecule has 1 aliphatic heterocycles. The van der Waals surface area contributed by atoms with Crippen molar-refractivity contribution in [2.75, 3.05) is 31.1 Å². The van der Waals surface area contributed by atoms with E-state index in [2.05, 4.69) is 19.9 Å². The van der Waals surface area contributed by atoms with E-state index in [1.54, 1.807) is 25.1 Å². The zero-order valence-electron chi connectivity index (χ0n) is 16.9. The van der Waals surface area contributed by atoms with Gasteiger partial charge in [0.25, 0.3) is 0 Å². The van der Waals surface area contributed by atoms with Crippen LogP contribution < -0.4 is 4.90 Å². The maximum Gasteiger partial charge on any atom is 0.230 e. The fraction of sp³-hybridized carbons (Fsp3) is 0.273. The van der Waals surface area contributed by atoms with Crippen LogP contribution in [0, 0.1) is 18.6 Å². The monoisotopic (exact) mass is 441 g/mol. The molecule has 31 heavy (non-hydrogen) atoms. The van der Waals surface area contributed by atoms with Crippen LogP contribution in [-0.4, -0.2) is 50.8 Å². The van der Waals surface area contributed by atoms with Gasteiger partial charge in [0.15, 0.2) is 0 Å². The van der Waals surface area contributed by atoms with Gasteiger partial charge >= 0.3 is 0 Å². The van der Waals surface area contributed by atoms with Crippen LogP contribution in [0.15, 0.2) is 48.5 Å².